The number of carbonyl (C=O) groups excluding carboxylic acids is 4. The monoisotopic (exact) mass is 424 g/mol. The van der Waals surface area contributed by atoms with Crippen LogP contribution in [-0.4, -0.2) is 58.2 Å². The minimum absolute atomic E-state index is 0.0489. The van der Waals surface area contributed by atoms with E-state index in [1.54, 1.807) is 5.43 Å². The number of hydrazine groups is 1. The van der Waals surface area contributed by atoms with Gasteiger partial charge in [-0.1, -0.05) is 12.8 Å². The molecule has 1 aromatic carbocycles. The van der Waals surface area contributed by atoms with E-state index in [-0.39, 0.29) is 16.7 Å². The summed E-state index contributed by atoms with van der Waals surface area (Å²) in [5.41, 5.74) is 3.19. The predicted molar refractivity (Wildman–Crippen MR) is 95.8 cm³/mol. The average Bonchev–Trinajstić information content (AvgIpc) is 2.95. The van der Waals surface area contributed by atoms with Crippen LogP contribution in [0.4, 0.5) is 13.6 Å². The number of hydrogen-bond donors (Lipinski definition) is 4. The van der Waals surface area contributed by atoms with Crippen LogP contribution >= 0.6 is 0 Å². The standard InChI is InChI=1S/C18H18F2N4O6/c19-13(20)15(26)23-22-14(25)8-5-6-9-10(7-8)17(28)24(16(9)27)12-4-2-1-3-11(12)21-18(29)30/h5-7,11-13,21H,1-4H2,(H,22,25)(H,23,26)(H,29,30)/t11-,12-/m1/s1. The van der Waals surface area contributed by atoms with Gasteiger partial charge < -0.3 is 10.4 Å². The maximum absolute atomic E-state index is 12.9. The van der Waals surface area contributed by atoms with Crippen LogP contribution in [0.3, 0.4) is 0 Å². The number of nitrogens with zero attached hydrogens (tertiary/aromatic N) is 1. The fourth-order valence-corrected chi connectivity index (χ4v) is 3.69. The smallest absolute Gasteiger partial charge is 0.404 e. The van der Waals surface area contributed by atoms with E-state index < -0.39 is 48.2 Å². The van der Waals surface area contributed by atoms with Crippen molar-refractivity contribution < 1.29 is 37.9 Å². The molecular weight excluding hydrogens is 406 g/mol. The first-order valence-corrected chi connectivity index (χ1v) is 9.10. The third-order valence-electron chi connectivity index (χ3n) is 5.05. The number of fused-ring (bicyclic) bond motifs is 1. The molecule has 4 N–H and O–H groups in total. The highest BCUT2D eigenvalue weighted by Gasteiger charge is 2.44. The highest BCUT2D eigenvalue weighted by atomic mass is 19.3. The number of carboxylic acid groups (broad SMARTS) is 1. The van der Waals surface area contributed by atoms with Crippen molar-refractivity contribution in [2.45, 2.75) is 44.2 Å². The van der Waals surface area contributed by atoms with E-state index in [0.29, 0.717) is 19.3 Å². The number of carbonyl (C=O) groups is 5. The molecule has 0 saturated heterocycles. The molecule has 160 valence electrons. The van der Waals surface area contributed by atoms with E-state index in [0.717, 1.165) is 17.4 Å². The molecular formula is C18H18F2N4O6. The number of amides is 5. The Hall–Kier alpha value is -3.57. The summed E-state index contributed by atoms with van der Waals surface area (Å²) < 4.78 is 24.4. The van der Waals surface area contributed by atoms with Gasteiger partial charge in [0.05, 0.1) is 23.2 Å². The molecule has 3 rings (SSSR count). The molecule has 0 radical (unpaired) electrons. The second-order valence-corrected chi connectivity index (χ2v) is 6.89. The Morgan fingerprint density at radius 2 is 1.70 bits per heavy atom. The molecule has 1 fully saturated rings. The Bertz CT molecular complexity index is 922. The molecule has 2 atom stereocenters. The Labute approximate surface area is 168 Å². The van der Waals surface area contributed by atoms with Gasteiger partial charge in [0, 0.05) is 5.56 Å². The lowest BCUT2D eigenvalue weighted by Gasteiger charge is -2.36. The molecule has 0 aromatic heterocycles. The summed E-state index contributed by atoms with van der Waals surface area (Å²) >= 11 is 0. The second kappa shape index (κ2) is 8.43. The zero-order chi connectivity index (χ0) is 22.0. The number of alkyl halides is 2. The molecule has 12 heteroatoms. The predicted octanol–water partition coefficient (Wildman–Crippen LogP) is 0.887. The lowest BCUT2D eigenvalue weighted by atomic mass is 9.89. The normalized spacial score (nSPS) is 20.7. The molecule has 30 heavy (non-hydrogen) atoms. The van der Waals surface area contributed by atoms with Gasteiger partial charge in [-0.2, -0.15) is 8.78 Å². The number of halogens is 2. The van der Waals surface area contributed by atoms with E-state index in [9.17, 15) is 32.8 Å². The topological polar surface area (TPSA) is 145 Å². The van der Waals surface area contributed by atoms with E-state index in [4.69, 9.17) is 5.11 Å². The van der Waals surface area contributed by atoms with Gasteiger partial charge in [-0.15, -0.1) is 0 Å². The van der Waals surface area contributed by atoms with Gasteiger partial charge in [-0.3, -0.25) is 34.9 Å². The maximum atomic E-state index is 12.9. The number of imide groups is 1. The van der Waals surface area contributed by atoms with E-state index in [2.05, 4.69) is 5.32 Å². The molecule has 2 aliphatic rings. The van der Waals surface area contributed by atoms with Crippen LogP contribution < -0.4 is 16.2 Å². The molecule has 10 nitrogen and oxygen atoms in total. The summed E-state index contributed by atoms with van der Waals surface area (Å²) in [5, 5.41) is 11.4. The van der Waals surface area contributed by atoms with Crippen LogP contribution in [0.1, 0.15) is 56.8 Å². The Kier molecular flexibility index (Phi) is 5.94. The van der Waals surface area contributed by atoms with Crippen LogP contribution in [0.2, 0.25) is 0 Å². The first-order chi connectivity index (χ1) is 14.2. The Balaban J connectivity index is 1.80. The van der Waals surface area contributed by atoms with Gasteiger partial charge in [-0.25, -0.2) is 4.79 Å². The first-order valence-electron chi connectivity index (χ1n) is 9.10. The third-order valence-corrected chi connectivity index (χ3v) is 5.05. The SMILES string of the molecule is O=C(O)N[C@@H]1CCCC[C@H]1N1C(=O)c2ccc(C(=O)NNC(=O)C(F)F)cc2C1=O. The molecule has 0 unspecified atom stereocenters. The molecule has 0 bridgehead atoms. The quantitative estimate of drug-likeness (QED) is 0.417. The largest absolute Gasteiger partial charge is 0.465 e. The summed E-state index contributed by atoms with van der Waals surface area (Å²) in [6.45, 7) is 0. The molecule has 5 amide bonds. The zero-order valence-corrected chi connectivity index (χ0v) is 15.5. The highest BCUT2D eigenvalue weighted by molar-refractivity contribution is 6.22. The van der Waals surface area contributed by atoms with Crippen LogP contribution in [0.5, 0.6) is 0 Å². The van der Waals surface area contributed by atoms with Crippen LogP contribution in [0.15, 0.2) is 18.2 Å². The van der Waals surface area contributed by atoms with Crippen molar-refractivity contribution >= 4 is 29.7 Å². The van der Waals surface area contributed by atoms with Crippen molar-refractivity contribution in [2.75, 3.05) is 0 Å². The maximum Gasteiger partial charge on any atom is 0.404 e. The van der Waals surface area contributed by atoms with E-state index in [1.165, 1.54) is 17.6 Å². The molecule has 1 aliphatic heterocycles. The first kappa shape index (κ1) is 21.1. The van der Waals surface area contributed by atoms with Crippen molar-refractivity contribution in [3.63, 3.8) is 0 Å². The molecule has 1 saturated carbocycles. The molecule has 1 aliphatic carbocycles. The average molecular weight is 424 g/mol. The third kappa shape index (κ3) is 4.07. The van der Waals surface area contributed by atoms with Crippen LogP contribution in [0, 0.1) is 0 Å². The van der Waals surface area contributed by atoms with E-state index in [1.807, 2.05) is 0 Å². The number of nitrogens with one attached hydrogen (secondary N) is 3. The fourth-order valence-electron chi connectivity index (χ4n) is 3.69. The zero-order valence-electron chi connectivity index (χ0n) is 15.5. The van der Waals surface area contributed by atoms with Crippen molar-refractivity contribution in [2.24, 2.45) is 0 Å². The highest BCUT2D eigenvalue weighted by Crippen LogP contribution is 2.31. The summed E-state index contributed by atoms with van der Waals surface area (Å²) in [6, 6.07) is 2.32. The van der Waals surface area contributed by atoms with Crippen molar-refractivity contribution in [3.05, 3.63) is 34.9 Å². The summed E-state index contributed by atoms with van der Waals surface area (Å²) in [7, 11) is 0. The lowest BCUT2D eigenvalue weighted by Crippen LogP contribution is -2.54. The van der Waals surface area contributed by atoms with Gasteiger partial charge in [0.1, 0.15) is 0 Å². The molecule has 0 spiro atoms. The Morgan fingerprint density at radius 3 is 2.37 bits per heavy atom. The van der Waals surface area contributed by atoms with Crippen LogP contribution in [-0.2, 0) is 4.79 Å². The van der Waals surface area contributed by atoms with Crippen molar-refractivity contribution in [3.8, 4) is 0 Å². The number of rotatable bonds is 4. The van der Waals surface area contributed by atoms with Gasteiger partial charge in [-0.05, 0) is 31.0 Å². The van der Waals surface area contributed by atoms with Crippen LogP contribution in [0.25, 0.3) is 0 Å². The summed E-state index contributed by atoms with van der Waals surface area (Å²) in [6.07, 6.45) is -2.20. The molecule has 1 heterocycles. The van der Waals surface area contributed by atoms with Crippen molar-refractivity contribution in [1.29, 1.82) is 0 Å². The number of benzene rings is 1. The van der Waals surface area contributed by atoms with Gasteiger partial charge in [0.25, 0.3) is 17.7 Å². The molecule has 1 aromatic rings. The lowest BCUT2D eigenvalue weighted by molar-refractivity contribution is -0.132. The summed E-state index contributed by atoms with van der Waals surface area (Å²) in [5.74, 6) is -3.92. The van der Waals surface area contributed by atoms with E-state index >= 15 is 0 Å². The fraction of sp³-hybridized carbons (Fsp3) is 0.389. The minimum Gasteiger partial charge on any atom is -0.465 e. The van der Waals surface area contributed by atoms with Gasteiger partial charge >= 0.3 is 18.4 Å². The minimum atomic E-state index is -3.32. The van der Waals surface area contributed by atoms with Crippen molar-refractivity contribution in [1.82, 2.24) is 21.1 Å². The van der Waals surface area contributed by atoms with Gasteiger partial charge in [0.15, 0.2) is 0 Å². The Morgan fingerprint density at radius 1 is 1.03 bits per heavy atom. The number of hydrogen-bond acceptors (Lipinski definition) is 5. The second-order valence-electron chi connectivity index (χ2n) is 6.89. The summed E-state index contributed by atoms with van der Waals surface area (Å²) in [4.78, 5) is 60.7. The van der Waals surface area contributed by atoms with Gasteiger partial charge in [0.2, 0.25) is 0 Å².